The molecule has 0 bridgehead atoms. The number of benzene rings is 2. The Bertz CT molecular complexity index is 1400. The lowest BCUT2D eigenvalue weighted by Crippen LogP contribution is -2.32. The number of urea groups is 1. The van der Waals surface area contributed by atoms with Crippen molar-refractivity contribution in [1.82, 2.24) is 14.5 Å². The maximum Gasteiger partial charge on any atom is 0.324 e. The van der Waals surface area contributed by atoms with E-state index in [-0.39, 0.29) is 39.4 Å². The Morgan fingerprint density at radius 1 is 1.06 bits per heavy atom. The second-order valence-corrected chi connectivity index (χ2v) is 7.97. The third-order valence-electron chi connectivity index (χ3n) is 5.22. The summed E-state index contributed by atoms with van der Waals surface area (Å²) in [6, 6.07) is 9.18. The van der Waals surface area contributed by atoms with Crippen molar-refractivity contribution in [3.63, 3.8) is 0 Å². The molecule has 0 saturated carbocycles. The molecule has 168 valence electrons. The van der Waals surface area contributed by atoms with Gasteiger partial charge in [0.2, 0.25) is 0 Å². The van der Waals surface area contributed by atoms with Crippen LogP contribution in [0.1, 0.15) is 35.8 Å². The zero-order valence-electron chi connectivity index (χ0n) is 17.8. The number of nitrogens with two attached hydrogens (primary N) is 2. The predicted octanol–water partition coefficient (Wildman–Crippen LogP) is 4.83. The molecule has 2 heterocycles. The number of fused-ring (bicyclic) bond motifs is 1. The highest BCUT2D eigenvalue weighted by molar-refractivity contribution is 6.38. The number of primary amides is 1. The monoisotopic (exact) mass is 466 g/mol. The number of halogens is 2. The molecule has 0 fully saturated rings. The summed E-state index contributed by atoms with van der Waals surface area (Å²) in [4.78, 5) is 35.1. The van der Waals surface area contributed by atoms with Crippen LogP contribution in [0.3, 0.4) is 0 Å². The van der Waals surface area contributed by atoms with Crippen LogP contribution >= 0.6 is 11.6 Å². The van der Waals surface area contributed by atoms with Crippen LogP contribution in [0.15, 0.2) is 55.0 Å². The van der Waals surface area contributed by atoms with Crippen molar-refractivity contribution in [2.24, 2.45) is 5.73 Å². The van der Waals surface area contributed by atoms with Crippen molar-refractivity contribution >= 4 is 51.6 Å². The molecule has 8 nitrogen and oxygen atoms in total. The van der Waals surface area contributed by atoms with Crippen LogP contribution in [0.2, 0.25) is 5.02 Å². The number of amides is 2. The van der Waals surface area contributed by atoms with Gasteiger partial charge in [0.1, 0.15) is 23.6 Å². The number of hydrogen-bond acceptors (Lipinski definition) is 5. The third kappa shape index (κ3) is 3.76. The first-order valence-corrected chi connectivity index (χ1v) is 10.4. The number of carbonyl (C=O) groups excluding carboxylic acids is 2. The number of anilines is 3. The first-order valence-electron chi connectivity index (χ1n) is 10.0. The van der Waals surface area contributed by atoms with E-state index in [0.717, 1.165) is 4.90 Å². The van der Waals surface area contributed by atoms with E-state index < -0.39 is 17.6 Å². The van der Waals surface area contributed by atoms with E-state index in [2.05, 4.69) is 9.97 Å². The summed E-state index contributed by atoms with van der Waals surface area (Å²) in [5.41, 5.74) is 12.5. The molecular weight excluding hydrogens is 447 g/mol. The van der Waals surface area contributed by atoms with Gasteiger partial charge in [-0.25, -0.2) is 19.2 Å². The van der Waals surface area contributed by atoms with Crippen molar-refractivity contribution in [2.45, 2.75) is 19.9 Å². The molecule has 0 atom stereocenters. The largest absolute Gasteiger partial charge is 0.383 e. The molecule has 0 aliphatic heterocycles. The number of nitrogens with zero attached hydrogens (tertiary/aromatic N) is 4. The van der Waals surface area contributed by atoms with Gasteiger partial charge in [0.05, 0.1) is 27.3 Å². The van der Waals surface area contributed by atoms with Gasteiger partial charge in [-0.3, -0.25) is 9.69 Å². The van der Waals surface area contributed by atoms with Crippen molar-refractivity contribution in [3.05, 3.63) is 77.0 Å². The van der Waals surface area contributed by atoms with Gasteiger partial charge in [-0.2, -0.15) is 0 Å². The van der Waals surface area contributed by atoms with Crippen LogP contribution < -0.4 is 16.4 Å². The smallest absolute Gasteiger partial charge is 0.324 e. The molecule has 2 amide bonds. The molecule has 4 N–H and O–H groups in total. The number of nitrogen functional groups attached to an aromatic ring is 1. The van der Waals surface area contributed by atoms with E-state index in [4.69, 9.17) is 23.1 Å². The Morgan fingerprint density at radius 3 is 2.42 bits per heavy atom. The Balaban J connectivity index is 1.89. The van der Waals surface area contributed by atoms with Crippen LogP contribution in [0, 0.1) is 5.82 Å². The highest BCUT2D eigenvalue weighted by Crippen LogP contribution is 2.37. The topological polar surface area (TPSA) is 120 Å². The fourth-order valence-electron chi connectivity index (χ4n) is 3.69. The van der Waals surface area contributed by atoms with E-state index in [9.17, 15) is 14.0 Å². The maximum atomic E-state index is 14.4. The summed E-state index contributed by atoms with van der Waals surface area (Å²) in [6.45, 7) is 3.89. The Hall–Kier alpha value is -3.98. The van der Waals surface area contributed by atoms with Crippen LogP contribution in [0.4, 0.5) is 26.4 Å². The molecule has 2 aromatic heterocycles. The average molecular weight is 467 g/mol. The minimum Gasteiger partial charge on any atom is -0.383 e. The molecule has 0 spiro atoms. The first kappa shape index (κ1) is 22.2. The van der Waals surface area contributed by atoms with Crippen molar-refractivity contribution in [3.8, 4) is 0 Å². The van der Waals surface area contributed by atoms with Crippen LogP contribution in [-0.2, 0) is 0 Å². The van der Waals surface area contributed by atoms with Gasteiger partial charge in [0.15, 0.2) is 5.78 Å². The summed E-state index contributed by atoms with van der Waals surface area (Å²) in [7, 11) is 0. The first-order chi connectivity index (χ1) is 15.7. The average Bonchev–Trinajstić information content (AvgIpc) is 3.17. The SMILES string of the molecule is CC(C)n1cc(C(=O)c2cccc(N(C(N)=O)c3ccccc3F)c2Cl)c2c(N)ncnc21. The van der Waals surface area contributed by atoms with E-state index in [0.29, 0.717) is 11.0 Å². The highest BCUT2D eigenvalue weighted by atomic mass is 35.5. The minimum atomic E-state index is -0.958. The zero-order chi connectivity index (χ0) is 23.9. The van der Waals surface area contributed by atoms with Crippen molar-refractivity contribution in [1.29, 1.82) is 0 Å². The van der Waals surface area contributed by atoms with Gasteiger partial charge in [0.25, 0.3) is 0 Å². The fourth-order valence-corrected chi connectivity index (χ4v) is 3.98. The molecule has 0 unspecified atom stereocenters. The van der Waals surface area contributed by atoms with E-state index in [1.807, 2.05) is 18.4 Å². The zero-order valence-corrected chi connectivity index (χ0v) is 18.5. The summed E-state index contributed by atoms with van der Waals surface area (Å²) in [6.07, 6.45) is 2.98. The molecule has 2 aromatic carbocycles. The van der Waals surface area contributed by atoms with Gasteiger partial charge in [0, 0.05) is 17.8 Å². The lowest BCUT2D eigenvalue weighted by atomic mass is 10.0. The molecule has 0 saturated heterocycles. The summed E-state index contributed by atoms with van der Waals surface area (Å²) in [5.74, 6) is -0.972. The summed E-state index contributed by atoms with van der Waals surface area (Å²) in [5, 5.41) is 0.337. The highest BCUT2D eigenvalue weighted by Gasteiger charge is 2.27. The minimum absolute atomic E-state index is 0.00318. The number of para-hydroxylation sites is 1. The van der Waals surface area contributed by atoms with Crippen molar-refractivity contribution < 1.29 is 14.0 Å². The van der Waals surface area contributed by atoms with Crippen LogP contribution in [0.25, 0.3) is 11.0 Å². The fraction of sp³-hybridized carbons (Fsp3) is 0.130. The molecular formula is C23H20ClFN6O2. The van der Waals surface area contributed by atoms with E-state index in [1.54, 1.807) is 12.3 Å². The van der Waals surface area contributed by atoms with Gasteiger partial charge in [-0.15, -0.1) is 0 Å². The lowest BCUT2D eigenvalue weighted by Gasteiger charge is -2.23. The van der Waals surface area contributed by atoms with Crippen LogP contribution in [-0.4, -0.2) is 26.3 Å². The number of rotatable bonds is 5. The molecule has 0 aliphatic carbocycles. The molecule has 33 heavy (non-hydrogen) atoms. The van der Waals surface area contributed by atoms with Gasteiger partial charge >= 0.3 is 6.03 Å². The normalized spacial score (nSPS) is 11.2. The molecule has 0 aliphatic rings. The van der Waals surface area contributed by atoms with Crippen LogP contribution in [0.5, 0.6) is 0 Å². The summed E-state index contributed by atoms with van der Waals surface area (Å²) < 4.78 is 16.3. The van der Waals surface area contributed by atoms with E-state index >= 15 is 0 Å². The number of ketones is 1. The molecule has 0 radical (unpaired) electrons. The Kier molecular flexibility index (Phi) is 5.73. The molecule has 10 heteroatoms. The number of aromatic nitrogens is 3. The molecule has 4 rings (SSSR count). The Labute approximate surface area is 193 Å². The standard InChI is InChI=1S/C23H20ClFN6O2/c1-12(2)30-10-14(18-21(26)28-11-29-22(18)30)20(32)13-6-5-9-17(19(13)24)31(23(27)33)16-8-4-3-7-15(16)25/h3-12H,1-2H3,(H2,27,33)(H2,26,28,29). The Morgan fingerprint density at radius 2 is 1.76 bits per heavy atom. The maximum absolute atomic E-state index is 14.4. The van der Waals surface area contributed by atoms with Crippen molar-refractivity contribution in [2.75, 3.05) is 10.6 Å². The van der Waals surface area contributed by atoms with Gasteiger partial charge in [-0.05, 0) is 38.1 Å². The quantitative estimate of drug-likeness (QED) is 0.408. The number of carbonyl (C=O) groups is 2. The second-order valence-electron chi connectivity index (χ2n) is 7.59. The number of hydrogen-bond donors (Lipinski definition) is 2. The lowest BCUT2D eigenvalue weighted by molar-refractivity contribution is 0.104. The third-order valence-corrected chi connectivity index (χ3v) is 5.61. The second kappa shape index (κ2) is 8.51. The summed E-state index contributed by atoms with van der Waals surface area (Å²) >= 11 is 6.59. The van der Waals surface area contributed by atoms with Gasteiger partial charge < -0.3 is 16.0 Å². The molecule has 4 aromatic rings. The predicted molar refractivity (Wildman–Crippen MR) is 125 cm³/mol. The van der Waals surface area contributed by atoms with Gasteiger partial charge in [-0.1, -0.05) is 29.8 Å². The van der Waals surface area contributed by atoms with E-state index in [1.165, 1.54) is 42.7 Å².